The quantitative estimate of drug-likeness (QED) is 0.864. The van der Waals surface area contributed by atoms with Crippen LogP contribution in [-0.4, -0.2) is 32.7 Å². The summed E-state index contributed by atoms with van der Waals surface area (Å²) in [6.07, 6.45) is 1.62. The van der Waals surface area contributed by atoms with Crippen molar-refractivity contribution >= 4 is 16.7 Å². The van der Waals surface area contributed by atoms with Crippen LogP contribution < -0.4 is 5.56 Å². The van der Waals surface area contributed by atoms with E-state index in [-0.39, 0.29) is 30.1 Å². The molecule has 2 aromatic rings. The molecule has 0 spiro atoms. The van der Waals surface area contributed by atoms with Crippen LogP contribution >= 0.6 is 0 Å². The van der Waals surface area contributed by atoms with Crippen molar-refractivity contribution in [1.29, 1.82) is 0 Å². The van der Waals surface area contributed by atoms with Gasteiger partial charge in [0.05, 0.1) is 11.6 Å². The van der Waals surface area contributed by atoms with Gasteiger partial charge >= 0.3 is 0 Å². The van der Waals surface area contributed by atoms with E-state index < -0.39 is 0 Å². The number of hydrogen-bond acceptors (Lipinski definition) is 3. The topological polar surface area (TPSA) is 55.2 Å². The molecule has 0 unspecified atom stereocenters. The number of rotatable bonds is 4. The van der Waals surface area contributed by atoms with Gasteiger partial charge in [0, 0.05) is 17.5 Å². The first-order valence-electron chi connectivity index (χ1n) is 7.18. The lowest BCUT2D eigenvalue weighted by molar-refractivity contribution is -0.135. The number of aromatic nitrogens is 2. The van der Waals surface area contributed by atoms with E-state index in [0.29, 0.717) is 5.39 Å². The molecule has 1 aromatic heterocycles. The van der Waals surface area contributed by atoms with Crippen molar-refractivity contribution in [3.63, 3.8) is 0 Å². The van der Waals surface area contributed by atoms with E-state index in [0.717, 1.165) is 5.39 Å². The third-order valence-electron chi connectivity index (χ3n) is 3.45. The van der Waals surface area contributed by atoms with Crippen LogP contribution in [0.5, 0.6) is 0 Å². The number of benzene rings is 1. The van der Waals surface area contributed by atoms with Crippen molar-refractivity contribution in [2.24, 2.45) is 0 Å². The lowest BCUT2D eigenvalue weighted by atomic mass is 10.2. The highest BCUT2D eigenvalue weighted by atomic mass is 16.2. The molecule has 5 nitrogen and oxygen atoms in total. The average molecular weight is 287 g/mol. The smallest absolute Gasteiger partial charge is 0.275 e. The van der Waals surface area contributed by atoms with Crippen LogP contribution in [0.15, 0.2) is 35.3 Å². The van der Waals surface area contributed by atoms with E-state index in [1.807, 2.05) is 45.9 Å². The zero-order chi connectivity index (χ0) is 15.6. The maximum Gasteiger partial charge on any atom is 0.275 e. The van der Waals surface area contributed by atoms with Gasteiger partial charge in [0.1, 0.15) is 6.54 Å². The van der Waals surface area contributed by atoms with Crippen LogP contribution in [0.2, 0.25) is 0 Å². The second-order valence-corrected chi connectivity index (χ2v) is 5.68. The number of fused-ring (bicyclic) bond motifs is 1. The van der Waals surface area contributed by atoms with Crippen LogP contribution in [-0.2, 0) is 11.3 Å². The van der Waals surface area contributed by atoms with Gasteiger partial charge in [-0.15, -0.1) is 0 Å². The Hall–Kier alpha value is -2.17. The van der Waals surface area contributed by atoms with Crippen molar-refractivity contribution in [2.75, 3.05) is 0 Å². The van der Waals surface area contributed by atoms with Crippen molar-refractivity contribution in [1.82, 2.24) is 14.7 Å². The lowest BCUT2D eigenvalue weighted by Crippen LogP contribution is -2.45. The van der Waals surface area contributed by atoms with Gasteiger partial charge in [-0.05, 0) is 33.8 Å². The van der Waals surface area contributed by atoms with Crippen LogP contribution in [0.1, 0.15) is 27.7 Å². The molecule has 0 saturated carbocycles. The highest BCUT2D eigenvalue weighted by Gasteiger charge is 2.21. The van der Waals surface area contributed by atoms with E-state index in [9.17, 15) is 9.59 Å². The molecule has 21 heavy (non-hydrogen) atoms. The highest BCUT2D eigenvalue weighted by Crippen LogP contribution is 2.08. The molecular weight excluding hydrogens is 266 g/mol. The Morgan fingerprint density at radius 2 is 1.81 bits per heavy atom. The Kier molecular flexibility index (Phi) is 4.40. The van der Waals surface area contributed by atoms with Crippen LogP contribution in [0.25, 0.3) is 10.8 Å². The third kappa shape index (κ3) is 3.12. The van der Waals surface area contributed by atoms with Gasteiger partial charge < -0.3 is 4.90 Å². The number of hydrogen-bond donors (Lipinski definition) is 0. The normalized spacial score (nSPS) is 11.3. The van der Waals surface area contributed by atoms with Gasteiger partial charge in [-0.25, -0.2) is 4.68 Å². The molecule has 0 aliphatic rings. The summed E-state index contributed by atoms with van der Waals surface area (Å²) in [5.41, 5.74) is -0.228. The molecule has 0 saturated heterocycles. The summed E-state index contributed by atoms with van der Waals surface area (Å²) < 4.78 is 1.24. The molecule has 0 aliphatic heterocycles. The molecule has 1 heterocycles. The zero-order valence-corrected chi connectivity index (χ0v) is 12.9. The number of nitrogens with zero attached hydrogens (tertiary/aromatic N) is 3. The summed E-state index contributed by atoms with van der Waals surface area (Å²) >= 11 is 0. The van der Waals surface area contributed by atoms with E-state index in [1.54, 1.807) is 17.2 Å². The predicted molar refractivity (Wildman–Crippen MR) is 83.1 cm³/mol. The second kappa shape index (κ2) is 6.08. The SMILES string of the molecule is CC(C)N(C(=O)Cn1ncc2ccccc2c1=O)C(C)C. The molecule has 0 aliphatic carbocycles. The molecular formula is C16H21N3O2. The van der Waals surface area contributed by atoms with E-state index in [1.165, 1.54) is 4.68 Å². The Bertz CT molecular complexity index is 696. The highest BCUT2D eigenvalue weighted by molar-refractivity contribution is 5.81. The summed E-state index contributed by atoms with van der Waals surface area (Å²) in [6.45, 7) is 7.84. The molecule has 0 bridgehead atoms. The van der Waals surface area contributed by atoms with Crippen molar-refractivity contribution in [3.05, 3.63) is 40.8 Å². The molecule has 0 atom stereocenters. The summed E-state index contributed by atoms with van der Waals surface area (Å²) in [7, 11) is 0. The largest absolute Gasteiger partial charge is 0.336 e. The minimum Gasteiger partial charge on any atom is -0.336 e. The minimum absolute atomic E-state index is 0.0278. The van der Waals surface area contributed by atoms with Gasteiger partial charge in [0.2, 0.25) is 5.91 Å². The fourth-order valence-corrected chi connectivity index (χ4v) is 2.62. The van der Waals surface area contributed by atoms with Crippen molar-refractivity contribution < 1.29 is 4.79 Å². The van der Waals surface area contributed by atoms with Gasteiger partial charge in [-0.3, -0.25) is 9.59 Å². The first-order chi connectivity index (χ1) is 9.91. The maximum atomic E-state index is 12.4. The third-order valence-corrected chi connectivity index (χ3v) is 3.45. The van der Waals surface area contributed by atoms with Gasteiger partial charge in [0.15, 0.2) is 0 Å². The van der Waals surface area contributed by atoms with Crippen molar-refractivity contribution in [3.8, 4) is 0 Å². The fourth-order valence-electron chi connectivity index (χ4n) is 2.62. The molecule has 1 aromatic carbocycles. The monoisotopic (exact) mass is 287 g/mol. The van der Waals surface area contributed by atoms with Crippen LogP contribution in [0.3, 0.4) is 0 Å². The molecule has 5 heteroatoms. The van der Waals surface area contributed by atoms with Crippen LogP contribution in [0.4, 0.5) is 0 Å². The summed E-state index contributed by atoms with van der Waals surface area (Å²) in [5.74, 6) is -0.0927. The summed E-state index contributed by atoms with van der Waals surface area (Å²) in [6, 6.07) is 7.44. The molecule has 1 amide bonds. The Morgan fingerprint density at radius 1 is 1.19 bits per heavy atom. The van der Waals surface area contributed by atoms with Gasteiger partial charge in [-0.2, -0.15) is 5.10 Å². The summed E-state index contributed by atoms with van der Waals surface area (Å²) in [5, 5.41) is 5.48. The number of carbonyl (C=O) groups excluding carboxylic acids is 1. The Morgan fingerprint density at radius 3 is 2.43 bits per heavy atom. The predicted octanol–water partition coefficient (Wildman–Crippen LogP) is 2.04. The first kappa shape index (κ1) is 15.2. The Labute approximate surface area is 124 Å². The number of carbonyl (C=O) groups is 1. The molecule has 0 fully saturated rings. The fraction of sp³-hybridized carbons (Fsp3) is 0.438. The number of amides is 1. The van der Waals surface area contributed by atoms with E-state index in [2.05, 4.69) is 5.10 Å². The molecule has 2 rings (SSSR count). The van der Waals surface area contributed by atoms with Crippen LogP contribution in [0, 0.1) is 0 Å². The van der Waals surface area contributed by atoms with E-state index >= 15 is 0 Å². The standard InChI is InChI=1S/C16H21N3O2/c1-11(2)19(12(3)4)15(20)10-18-16(21)14-8-6-5-7-13(14)9-17-18/h5-9,11-12H,10H2,1-4H3. The second-order valence-electron chi connectivity index (χ2n) is 5.68. The Balaban J connectivity index is 2.34. The minimum atomic E-state index is -0.228. The first-order valence-corrected chi connectivity index (χ1v) is 7.18. The van der Waals surface area contributed by atoms with E-state index in [4.69, 9.17) is 0 Å². The zero-order valence-electron chi connectivity index (χ0n) is 12.9. The lowest BCUT2D eigenvalue weighted by Gasteiger charge is -2.30. The average Bonchev–Trinajstić information content (AvgIpc) is 2.41. The molecule has 0 N–H and O–H groups in total. The van der Waals surface area contributed by atoms with Gasteiger partial charge in [-0.1, -0.05) is 18.2 Å². The summed E-state index contributed by atoms with van der Waals surface area (Å²) in [4.78, 5) is 26.5. The van der Waals surface area contributed by atoms with Gasteiger partial charge in [0.25, 0.3) is 5.56 Å². The van der Waals surface area contributed by atoms with Crippen molar-refractivity contribution in [2.45, 2.75) is 46.3 Å². The maximum absolute atomic E-state index is 12.4. The molecule has 112 valence electrons. The molecule has 0 radical (unpaired) electrons.